The Morgan fingerprint density at radius 2 is 1.57 bits per heavy atom. The van der Waals surface area contributed by atoms with E-state index in [0.29, 0.717) is 10.8 Å². The lowest BCUT2D eigenvalue weighted by Crippen LogP contribution is -2.44. The largest absolute Gasteiger partial charge is 0.380 e. The van der Waals surface area contributed by atoms with Gasteiger partial charge in [-0.25, -0.2) is 0 Å². The molecule has 0 aromatic heterocycles. The first-order valence-electron chi connectivity index (χ1n) is 8.18. The van der Waals surface area contributed by atoms with Crippen LogP contribution in [0.4, 0.5) is 0 Å². The van der Waals surface area contributed by atoms with Crippen molar-refractivity contribution in [2.24, 2.45) is 10.8 Å². The van der Waals surface area contributed by atoms with Crippen LogP contribution in [-0.2, 0) is 22.3 Å². The van der Waals surface area contributed by atoms with Gasteiger partial charge in [-0.3, -0.25) is 0 Å². The lowest BCUT2D eigenvalue weighted by Gasteiger charge is -2.42. The molecule has 2 radical (unpaired) electrons. The summed E-state index contributed by atoms with van der Waals surface area (Å²) in [6, 6.07) is 9.25. The number of hydrogen-bond donors (Lipinski definition) is 0. The molecule has 0 spiro atoms. The van der Waals surface area contributed by atoms with Gasteiger partial charge in [0.15, 0.2) is 0 Å². The van der Waals surface area contributed by atoms with Crippen molar-refractivity contribution in [3.05, 3.63) is 34.9 Å². The Balaban J connectivity index is 1.71. The van der Waals surface area contributed by atoms with Crippen LogP contribution in [0.3, 0.4) is 0 Å². The van der Waals surface area contributed by atoms with Gasteiger partial charge in [-0.05, 0) is 61.4 Å². The smallest absolute Gasteiger partial charge is 0.0547 e. The quantitative estimate of drug-likeness (QED) is 0.796. The van der Waals surface area contributed by atoms with Gasteiger partial charge >= 0.3 is 0 Å². The van der Waals surface area contributed by atoms with Gasteiger partial charge in [0.2, 0.25) is 0 Å². The number of hydrogen-bond acceptors (Lipinski definition) is 2. The Labute approximate surface area is 128 Å². The second-order valence-corrected chi connectivity index (χ2v) is 7.09. The zero-order valence-electron chi connectivity index (χ0n) is 13.6. The second-order valence-electron chi connectivity index (χ2n) is 7.09. The van der Waals surface area contributed by atoms with Crippen molar-refractivity contribution in [3.63, 3.8) is 0 Å². The van der Waals surface area contributed by atoms with Gasteiger partial charge in [0, 0.05) is 10.8 Å². The van der Waals surface area contributed by atoms with Crippen LogP contribution in [0.15, 0.2) is 6.07 Å². The topological polar surface area (TPSA) is 18.5 Å². The minimum Gasteiger partial charge on any atom is -0.380 e. The number of rotatable bonds is 6. The lowest BCUT2D eigenvalue weighted by molar-refractivity contribution is -0.114. The number of benzene rings is 1. The standard InChI is InChI=1S/C19H26O2/c1-4-18(11-20-12-18)9-16-6-7-17(15(3)8-16)10-19(5-2)13-21-14-19/h7H,4-5,9-14H2,1-3H3. The fourth-order valence-electron chi connectivity index (χ4n) is 3.33. The van der Waals surface area contributed by atoms with Crippen LogP contribution in [-0.4, -0.2) is 26.4 Å². The third-order valence-electron chi connectivity index (χ3n) is 5.49. The summed E-state index contributed by atoms with van der Waals surface area (Å²) in [6.07, 6.45) is 4.51. The van der Waals surface area contributed by atoms with E-state index in [1.165, 1.54) is 29.5 Å². The molecule has 2 aliphatic heterocycles. The van der Waals surface area contributed by atoms with Gasteiger partial charge in [-0.1, -0.05) is 19.9 Å². The molecule has 0 aliphatic carbocycles. The number of aryl methyl sites for hydroxylation is 1. The van der Waals surface area contributed by atoms with Crippen molar-refractivity contribution in [2.75, 3.05) is 26.4 Å². The monoisotopic (exact) mass is 286 g/mol. The molecule has 0 N–H and O–H groups in total. The highest BCUT2D eigenvalue weighted by Gasteiger charge is 2.38. The van der Waals surface area contributed by atoms with Crippen molar-refractivity contribution in [1.29, 1.82) is 0 Å². The zero-order valence-corrected chi connectivity index (χ0v) is 13.6. The molecule has 0 unspecified atom stereocenters. The summed E-state index contributed by atoms with van der Waals surface area (Å²) in [4.78, 5) is 0. The van der Waals surface area contributed by atoms with Crippen LogP contribution in [0.5, 0.6) is 0 Å². The van der Waals surface area contributed by atoms with Crippen LogP contribution in [0.25, 0.3) is 0 Å². The fraction of sp³-hybridized carbons (Fsp3) is 0.684. The van der Waals surface area contributed by atoms with Crippen molar-refractivity contribution >= 4 is 0 Å². The van der Waals surface area contributed by atoms with E-state index in [-0.39, 0.29) is 0 Å². The zero-order chi connectivity index (χ0) is 14.9. The minimum absolute atomic E-state index is 0.341. The highest BCUT2D eigenvalue weighted by Crippen LogP contribution is 2.37. The molecular weight excluding hydrogens is 260 g/mol. The third kappa shape index (κ3) is 2.89. The predicted octanol–water partition coefficient (Wildman–Crippen LogP) is 3.53. The average Bonchev–Trinajstić information content (AvgIpc) is 2.40. The van der Waals surface area contributed by atoms with Crippen LogP contribution < -0.4 is 0 Å². The van der Waals surface area contributed by atoms with Crippen LogP contribution in [0.2, 0.25) is 0 Å². The molecule has 3 rings (SSSR count). The highest BCUT2D eigenvalue weighted by atomic mass is 16.5. The fourth-order valence-corrected chi connectivity index (χ4v) is 3.33. The molecule has 1 aromatic rings. The van der Waals surface area contributed by atoms with E-state index < -0.39 is 0 Å². The van der Waals surface area contributed by atoms with E-state index >= 15 is 0 Å². The third-order valence-corrected chi connectivity index (χ3v) is 5.49. The molecular formula is C19H26O2. The first-order valence-corrected chi connectivity index (χ1v) is 8.18. The lowest BCUT2D eigenvalue weighted by atomic mass is 9.75. The van der Waals surface area contributed by atoms with Gasteiger partial charge in [-0.2, -0.15) is 0 Å². The van der Waals surface area contributed by atoms with Crippen LogP contribution in [0, 0.1) is 29.9 Å². The summed E-state index contributed by atoms with van der Waals surface area (Å²) < 4.78 is 10.8. The van der Waals surface area contributed by atoms with E-state index in [2.05, 4.69) is 39.0 Å². The summed E-state index contributed by atoms with van der Waals surface area (Å²) in [5.41, 5.74) is 4.60. The molecule has 2 fully saturated rings. The minimum atomic E-state index is 0.341. The molecule has 21 heavy (non-hydrogen) atoms. The molecule has 2 nitrogen and oxygen atoms in total. The maximum atomic E-state index is 5.43. The highest BCUT2D eigenvalue weighted by molar-refractivity contribution is 5.31. The molecule has 0 atom stereocenters. The molecule has 0 bridgehead atoms. The molecule has 0 amide bonds. The van der Waals surface area contributed by atoms with Gasteiger partial charge in [0.05, 0.1) is 26.4 Å². The Bertz CT molecular complexity index is 487. The molecule has 2 aliphatic rings. The summed E-state index contributed by atoms with van der Waals surface area (Å²) in [7, 11) is 0. The Morgan fingerprint density at radius 1 is 1.00 bits per heavy atom. The first kappa shape index (κ1) is 15.1. The molecule has 1 aromatic carbocycles. The van der Waals surface area contributed by atoms with E-state index in [9.17, 15) is 0 Å². The SMILES string of the molecule is CCC1(Cc2[c]cc(CC3(CC)COC3)c(C)[c]2)COC1. The van der Waals surface area contributed by atoms with Gasteiger partial charge in [0.25, 0.3) is 0 Å². The van der Waals surface area contributed by atoms with Crippen molar-refractivity contribution in [2.45, 2.75) is 46.5 Å². The summed E-state index contributed by atoms with van der Waals surface area (Å²) in [5.74, 6) is 0. The van der Waals surface area contributed by atoms with Gasteiger partial charge in [0.1, 0.15) is 0 Å². The predicted molar refractivity (Wildman–Crippen MR) is 83.3 cm³/mol. The molecule has 2 heterocycles. The normalized spacial score (nSPS) is 22.4. The Kier molecular flexibility index (Phi) is 4.11. The van der Waals surface area contributed by atoms with Crippen LogP contribution >= 0.6 is 0 Å². The second kappa shape index (κ2) is 5.73. The van der Waals surface area contributed by atoms with Gasteiger partial charge < -0.3 is 9.47 Å². The van der Waals surface area contributed by atoms with E-state index in [1.54, 1.807) is 0 Å². The number of ether oxygens (including phenoxy) is 2. The van der Waals surface area contributed by atoms with Crippen LogP contribution in [0.1, 0.15) is 43.4 Å². The van der Waals surface area contributed by atoms with Crippen molar-refractivity contribution in [1.82, 2.24) is 0 Å². The molecule has 114 valence electrons. The summed E-state index contributed by atoms with van der Waals surface area (Å²) >= 11 is 0. The average molecular weight is 286 g/mol. The van der Waals surface area contributed by atoms with Crippen molar-refractivity contribution in [3.8, 4) is 0 Å². The molecule has 2 saturated heterocycles. The summed E-state index contributed by atoms with van der Waals surface area (Å²) in [6.45, 7) is 10.3. The maximum Gasteiger partial charge on any atom is 0.0547 e. The van der Waals surface area contributed by atoms with E-state index in [4.69, 9.17) is 9.47 Å². The first-order chi connectivity index (χ1) is 10.1. The molecule has 2 heteroatoms. The van der Waals surface area contributed by atoms with E-state index in [1.807, 2.05) is 0 Å². The maximum absolute atomic E-state index is 5.43. The summed E-state index contributed by atoms with van der Waals surface area (Å²) in [5, 5.41) is 0. The van der Waals surface area contributed by atoms with Gasteiger partial charge in [-0.15, -0.1) is 0 Å². The Morgan fingerprint density at radius 3 is 2.00 bits per heavy atom. The van der Waals surface area contributed by atoms with Crippen molar-refractivity contribution < 1.29 is 9.47 Å². The Hall–Kier alpha value is -0.860. The van der Waals surface area contributed by atoms with E-state index in [0.717, 1.165) is 39.3 Å². The molecule has 0 saturated carbocycles.